The number of piperazine rings is 1. The highest BCUT2D eigenvalue weighted by Crippen LogP contribution is 2.38. The molecule has 0 spiro atoms. The van der Waals surface area contributed by atoms with Crippen molar-refractivity contribution in [1.29, 1.82) is 0 Å². The van der Waals surface area contributed by atoms with Crippen molar-refractivity contribution in [3.8, 4) is 10.6 Å². The third-order valence-electron chi connectivity index (χ3n) is 4.99. The van der Waals surface area contributed by atoms with Crippen LogP contribution in [0, 0.1) is 0 Å². The number of pyridine rings is 1. The van der Waals surface area contributed by atoms with Crippen LogP contribution in [0.1, 0.15) is 0 Å². The van der Waals surface area contributed by atoms with Crippen molar-refractivity contribution in [3.63, 3.8) is 0 Å². The molecule has 1 aliphatic heterocycles. The molecule has 3 N–H and O–H groups in total. The van der Waals surface area contributed by atoms with Crippen molar-refractivity contribution in [3.05, 3.63) is 54.7 Å². The summed E-state index contributed by atoms with van der Waals surface area (Å²) in [6.45, 7) is 3.91. The molecule has 0 unspecified atom stereocenters. The summed E-state index contributed by atoms with van der Waals surface area (Å²) >= 11 is 1.74. The Hall–Kier alpha value is -3.06. The second-order valence-electron chi connectivity index (χ2n) is 6.67. The second-order valence-corrected chi connectivity index (χ2v) is 7.72. The monoisotopic (exact) mass is 376 g/mol. The van der Waals surface area contributed by atoms with Gasteiger partial charge in [0.25, 0.3) is 0 Å². The third kappa shape index (κ3) is 3.00. The van der Waals surface area contributed by atoms with Crippen molar-refractivity contribution in [1.82, 2.24) is 15.2 Å². The predicted octanol–water partition coefficient (Wildman–Crippen LogP) is 3.60. The summed E-state index contributed by atoms with van der Waals surface area (Å²) in [5.41, 5.74) is 10.5. The molecule has 0 radical (unpaired) electrons. The number of benzene rings is 1. The van der Waals surface area contributed by atoms with Crippen molar-refractivity contribution in [2.45, 2.75) is 0 Å². The van der Waals surface area contributed by atoms with Crippen LogP contribution in [-0.2, 0) is 0 Å². The van der Waals surface area contributed by atoms with Gasteiger partial charge < -0.3 is 15.5 Å². The van der Waals surface area contributed by atoms with Crippen LogP contribution in [0.5, 0.6) is 0 Å². The van der Waals surface area contributed by atoms with E-state index < -0.39 is 0 Å². The Labute approximate surface area is 161 Å². The molecule has 27 heavy (non-hydrogen) atoms. The fourth-order valence-electron chi connectivity index (χ4n) is 3.63. The molecule has 4 aromatic rings. The Morgan fingerprint density at radius 1 is 0.963 bits per heavy atom. The third-order valence-corrected chi connectivity index (χ3v) is 6.17. The summed E-state index contributed by atoms with van der Waals surface area (Å²) in [6.07, 6.45) is 1.77. The lowest BCUT2D eigenvalue weighted by Crippen LogP contribution is -2.46. The topological polar surface area (TPSA) is 74.1 Å². The standard InChI is InChI=1S/C20H20N6S/c21-19-13-17(20-16(23-19)12-18(27-20)15-6-7-22-24-15)26-10-8-25(9-11-26)14-4-2-1-3-5-14/h1-7,12-13H,8-11H2,(H2,21,23)(H,22,24). The molecular formula is C20H20N6S. The lowest BCUT2D eigenvalue weighted by molar-refractivity contribution is 0.655. The molecule has 0 amide bonds. The molecule has 1 fully saturated rings. The average molecular weight is 376 g/mol. The number of rotatable bonds is 3. The Morgan fingerprint density at radius 3 is 2.48 bits per heavy atom. The molecule has 1 aliphatic rings. The Morgan fingerprint density at radius 2 is 1.74 bits per heavy atom. The van der Waals surface area contributed by atoms with Gasteiger partial charge in [-0.15, -0.1) is 11.3 Å². The van der Waals surface area contributed by atoms with Crippen molar-refractivity contribution in [2.24, 2.45) is 0 Å². The predicted molar refractivity (Wildman–Crippen MR) is 112 cm³/mol. The van der Waals surface area contributed by atoms with Crippen LogP contribution in [0.2, 0.25) is 0 Å². The van der Waals surface area contributed by atoms with Gasteiger partial charge in [-0.05, 0) is 24.3 Å². The number of nitrogens with two attached hydrogens (primary N) is 1. The van der Waals surface area contributed by atoms with Crippen LogP contribution in [0.25, 0.3) is 20.8 Å². The van der Waals surface area contributed by atoms with Crippen LogP contribution in [-0.4, -0.2) is 41.4 Å². The van der Waals surface area contributed by atoms with E-state index in [0.717, 1.165) is 42.3 Å². The van der Waals surface area contributed by atoms with Crippen LogP contribution < -0.4 is 15.5 Å². The Kier molecular flexibility index (Phi) is 3.94. The van der Waals surface area contributed by atoms with E-state index >= 15 is 0 Å². The van der Waals surface area contributed by atoms with E-state index in [1.54, 1.807) is 17.5 Å². The second kappa shape index (κ2) is 6.59. The number of nitrogens with zero attached hydrogens (tertiary/aromatic N) is 4. The van der Waals surface area contributed by atoms with Gasteiger partial charge in [0.05, 0.1) is 26.5 Å². The van der Waals surface area contributed by atoms with Gasteiger partial charge in [0.1, 0.15) is 5.82 Å². The van der Waals surface area contributed by atoms with Crippen LogP contribution >= 0.6 is 11.3 Å². The number of thiophene rings is 1. The highest BCUT2D eigenvalue weighted by Gasteiger charge is 2.21. The number of anilines is 3. The summed E-state index contributed by atoms with van der Waals surface area (Å²) in [4.78, 5) is 10.5. The summed E-state index contributed by atoms with van der Waals surface area (Å²) in [5.74, 6) is 0.567. The lowest BCUT2D eigenvalue weighted by Gasteiger charge is -2.37. The first-order chi connectivity index (χ1) is 13.3. The Balaban J connectivity index is 1.45. The molecule has 5 rings (SSSR count). The molecular weight excluding hydrogens is 356 g/mol. The first-order valence-corrected chi connectivity index (χ1v) is 9.84. The van der Waals surface area contributed by atoms with Gasteiger partial charge in [0.15, 0.2) is 0 Å². The van der Waals surface area contributed by atoms with Crippen molar-refractivity contribution in [2.75, 3.05) is 41.7 Å². The van der Waals surface area contributed by atoms with E-state index in [2.05, 4.69) is 61.4 Å². The average Bonchev–Trinajstić information content (AvgIpc) is 3.38. The highest BCUT2D eigenvalue weighted by molar-refractivity contribution is 7.22. The van der Waals surface area contributed by atoms with Gasteiger partial charge in [-0.1, -0.05) is 18.2 Å². The highest BCUT2D eigenvalue weighted by atomic mass is 32.1. The van der Waals surface area contributed by atoms with E-state index in [-0.39, 0.29) is 0 Å². The maximum atomic E-state index is 6.11. The molecule has 7 heteroatoms. The van der Waals surface area contributed by atoms with Gasteiger partial charge in [-0.2, -0.15) is 5.10 Å². The summed E-state index contributed by atoms with van der Waals surface area (Å²) in [6, 6.07) is 16.7. The van der Waals surface area contributed by atoms with Gasteiger partial charge in [0.2, 0.25) is 0 Å². The fraction of sp³-hybridized carbons (Fsp3) is 0.200. The minimum absolute atomic E-state index is 0.567. The zero-order chi connectivity index (χ0) is 18.2. The molecule has 0 bridgehead atoms. The molecule has 0 saturated carbocycles. The van der Waals surface area contributed by atoms with Gasteiger partial charge in [-0.25, -0.2) is 4.98 Å². The molecule has 0 aliphatic carbocycles. The summed E-state index contributed by atoms with van der Waals surface area (Å²) in [5, 5.41) is 7.09. The van der Waals surface area contributed by atoms with Gasteiger partial charge >= 0.3 is 0 Å². The molecule has 3 aromatic heterocycles. The number of aromatic amines is 1. The normalized spacial score (nSPS) is 14.8. The molecule has 136 valence electrons. The molecule has 4 heterocycles. The smallest absolute Gasteiger partial charge is 0.126 e. The van der Waals surface area contributed by atoms with E-state index in [4.69, 9.17) is 5.73 Å². The van der Waals surface area contributed by atoms with E-state index in [1.165, 1.54) is 16.1 Å². The minimum Gasteiger partial charge on any atom is -0.384 e. The van der Waals surface area contributed by atoms with Crippen molar-refractivity contribution < 1.29 is 0 Å². The van der Waals surface area contributed by atoms with Gasteiger partial charge in [-0.3, -0.25) is 5.10 Å². The number of hydrogen-bond donors (Lipinski definition) is 2. The zero-order valence-corrected chi connectivity index (χ0v) is 15.6. The van der Waals surface area contributed by atoms with Crippen LogP contribution in [0.15, 0.2) is 54.7 Å². The molecule has 1 saturated heterocycles. The molecule has 0 atom stereocenters. The SMILES string of the molecule is Nc1cc(N2CCN(c3ccccc3)CC2)c2sc(-c3ccn[nH]3)cc2n1. The number of nitrogens with one attached hydrogen (secondary N) is 1. The maximum absolute atomic E-state index is 6.11. The van der Waals surface area contributed by atoms with E-state index in [0.29, 0.717) is 5.82 Å². The number of fused-ring (bicyclic) bond motifs is 1. The number of para-hydroxylation sites is 1. The number of H-pyrrole nitrogens is 1. The minimum atomic E-state index is 0.567. The summed E-state index contributed by atoms with van der Waals surface area (Å²) < 4.78 is 1.18. The zero-order valence-electron chi connectivity index (χ0n) is 14.8. The molecule has 1 aromatic carbocycles. The van der Waals surface area contributed by atoms with Crippen LogP contribution in [0.3, 0.4) is 0 Å². The molecule has 6 nitrogen and oxygen atoms in total. The quantitative estimate of drug-likeness (QED) is 0.571. The van der Waals surface area contributed by atoms with Crippen LogP contribution in [0.4, 0.5) is 17.2 Å². The largest absolute Gasteiger partial charge is 0.384 e. The van der Waals surface area contributed by atoms with Crippen molar-refractivity contribution >= 4 is 38.7 Å². The Bertz CT molecular complexity index is 1050. The lowest BCUT2D eigenvalue weighted by atomic mass is 10.2. The van der Waals surface area contributed by atoms with E-state index in [1.807, 2.05) is 12.1 Å². The summed E-state index contributed by atoms with van der Waals surface area (Å²) in [7, 11) is 0. The first-order valence-electron chi connectivity index (χ1n) is 9.03. The van der Waals surface area contributed by atoms with Gasteiger partial charge in [0, 0.05) is 44.1 Å². The first kappa shape index (κ1) is 16.1. The fourth-order valence-corrected chi connectivity index (χ4v) is 4.75. The number of nitrogen functional groups attached to an aromatic ring is 1. The number of hydrogen-bond acceptors (Lipinski definition) is 6. The number of aromatic nitrogens is 3. The maximum Gasteiger partial charge on any atom is 0.126 e. The van der Waals surface area contributed by atoms with E-state index in [9.17, 15) is 0 Å².